The number of aromatic nitrogens is 1. The third-order valence-corrected chi connectivity index (χ3v) is 1.72. The zero-order valence-corrected chi connectivity index (χ0v) is 7.88. The van der Waals surface area contributed by atoms with E-state index in [0.717, 1.165) is 6.20 Å². The molecule has 0 saturated carbocycles. The molecule has 1 aromatic heterocycles. The third-order valence-electron chi connectivity index (χ3n) is 1.72. The molecule has 0 fully saturated rings. The van der Waals surface area contributed by atoms with Crippen LogP contribution in [0.3, 0.4) is 0 Å². The summed E-state index contributed by atoms with van der Waals surface area (Å²) in [7, 11) is 0. The molecule has 0 unspecified atom stereocenters. The fourth-order valence-electron chi connectivity index (χ4n) is 1.08. The minimum atomic E-state index is -4.89. The zero-order chi connectivity index (χ0) is 12.3. The van der Waals surface area contributed by atoms with Crippen LogP contribution in [0.2, 0.25) is 0 Å². The van der Waals surface area contributed by atoms with Gasteiger partial charge >= 0.3 is 6.36 Å². The van der Waals surface area contributed by atoms with Gasteiger partial charge in [-0.15, -0.1) is 13.2 Å². The molecule has 0 spiro atoms. The molecule has 86 valence electrons. The lowest BCUT2D eigenvalue weighted by Crippen LogP contribution is -2.19. The van der Waals surface area contributed by atoms with Crippen molar-refractivity contribution in [3.8, 4) is 11.8 Å². The van der Waals surface area contributed by atoms with Crippen molar-refractivity contribution in [1.29, 1.82) is 5.26 Å². The predicted molar refractivity (Wildman–Crippen MR) is 47.9 cm³/mol. The fourth-order valence-corrected chi connectivity index (χ4v) is 1.08. The second-order valence-electron chi connectivity index (χ2n) is 2.72. The Labute approximate surface area is 88.4 Å². The van der Waals surface area contributed by atoms with Crippen molar-refractivity contribution in [2.24, 2.45) is 5.73 Å². The summed E-state index contributed by atoms with van der Waals surface area (Å²) in [4.78, 5) is 3.46. The Morgan fingerprint density at radius 2 is 2.12 bits per heavy atom. The van der Waals surface area contributed by atoms with Gasteiger partial charge in [-0.2, -0.15) is 5.26 Å². The second-order valence-corrected chi connectivity index (χ2v) is 2.72. The summed E-state index contributed by atoms with van der Waals surface area (Å²) in [5.74, 6) is -0.793. The molecule has 0 radical (unpaired) electrons. The van der Waals surface area contributed by atoms with Crippen LogP contribution < -0.4 is 16.2 Å². The number of hydrogen-bond donors (Lipinski definition) is 2. The van der Waals surface area contributed by atoms with Crippen molar-refractivity contribution >= 4 is 5.82 Å². The minimum Gasteiger partial charge on any atom is -0.403 e. The first-order chi connectivity index (χ1) is 7.39. The first kappa shape index (κ1) is 12.1. The van der Waals surface area contributed by atoms with Crippen molar-refractivity contribution in [3.63, 3.8) is 0 Å². The molecule has 0 amide bonds. The Hall–Kier alpha value is -2.01. The Balaban J connectivity index is 3.27. The van der Waals surface area contributed by atoms with Crippen molar-refractivity contribution in [2.45, 2.75) is 12.9 Å². The molecule has 0 bridgehead atoms. The number of alkyl halides is 3. The van der Waals surface area contributed by atoms with Crippen LogP contribution in [0.4, 0.5) is 19.0 Å². The van der Waals surface area contributed by atoms with Crippen LogP contribution in [0.15, 0.2) is 6.20 Å². The molecule has 16 heavy (non-hydrogen) atoms. The molecular weight excluding hydrogens is 225 g/mol. The fraction of sp³-hybridized carbons (Fsp3) is 0.250. The van der Waals surface area contributed by atoms with Gasteiger partial charge in [0.25, 0.3) is 0 Å². The van der Waals surface area contributed by atoms with Gasteiger partial charge in [-0.1, -0.05) is 0 Å². The monoisotopic (exact) mass is 232 g/mol. The number of nitrogens with zero attached hydrogens (tertiary/aromatic N) is 2. The lowest BCUT2D eigenvalue weighted by atomic mass is 10.1. The van der Waals surface area contributed by atoms with Crippen LogP contribution in [-0.4, -0.2) is 11.3 Å². The zero-order valence-electron chi connectivity index (χ0n) is 7.88. The van der Waals surface area contributed by atoms with Crippen LogP contribution in [-0.2, 0) is 6.54 Å². The average molecular weight is 232 g/mol. The normalized spacial score (nSPS) is 10.9. The van der Waals surface area contributed by atoms with E-state index in [9.17, 15) is 13.2 Å². The number of nitrogen functional groups attached to an aromatic ring is 1. The number of nitriles is 1. The average Bonchev–Trinajstić information content (AvgIpc) is 2.18. The number of rotatable bonds is 2. The Morgan fingerprint density at radius 1 is 1.50 bits per heavy atom. The highest BCUT2D eigenvalue weighted by atomic mass is 19.4. The summed E-state index contributed by atoms with van der Waals surface area (Å²) < 4.78 is 39.5. The standard InChI is InChI=1S/C8H7F3N4O/c9-8(10,11)16-6-3-15-7(14)5(2-13)4(6)1-12/h3H,2,13H2,(H2,14,15). The second kappa shape index (κ2) is 4.24. The maximum Gasteiger partial charge on any atom is 0.573 e. The molecule has 0 aliphatic carbocycles. The van der Waals surface area contributed by atoms with Gasteiger partial charge in [-0.25, -0.2) is 4.98 Å². The van der Waals surface area contributed by atoms with Crippen LogP contribution in [0.25, 0.3) is 0 Å². The van der Waals surface area contributed by atoms with Gasteiger partial charge in [-0.3, -0.25) is 0 Å². The van der Waals surface area contributed by atoms with Gasteiger partial charge in [0.2, 0.25) is 0 Å². The molecule has 0 aromatic carbocycles. The van der Waals surface area contributed by atoms with Gasteiger partial charge in [0.05, 0.1) is 6.20 Å². The molecule has 1 rings (SSSR count). The molecule has 5 nitrogen and oxygen atoms in total. The smallest absolute Gasteiger partial charge is 0.403 e. The third kappa shape index (κ3) is 2.52. The van der Waals surface area contributed by atoms with E-state index < -0.39 is 12.1 Å². The van der Waals surface area contributed by atoms with Gasteiger partial charge in [0.15, 0.2) is 5.75 Å². The van der Waals surface area contributed by atoms with Crippen molar-refractivity contribution in [3.05, 3.63) is 17.3 Å². The van der Waals surface area contributed by atoms with Crippen molar-refractivity contribution < 1.29 is 17.9 Å². The quantitative estimate of drug-likeness (QED) is 0.789. The first-order valence-corrected chi connectivity index (χ1v) is 4.02. The summed E-state index contributed by atoms with van der Waals surface area (Å²) in [6, 6.07) is 1.55. The van der Waals surface area contributed by atoms with E-state index in [0.29, 0.717) is 0 Å². The van der Waals surface area contributed by atoms with E-state index in [2.05, 4.69) is 9.72 Å². The summed E-state index contributed by atoms with van der Waals surface area (Å²) in [6.45, 7) is -0.198. The maximum atomic E-state index is 12.0. The van der Waals surface area contributed by atoms with E-state index in [1.807, 2.05) is 0 Å². The molecule has 0 atom stereocenters. The van der Waals surface area contributed by atoms with E-state index in [1.54, 1.807) is 6.07 Å². The SMILES string of the molecule is N#Cc1c(OC(F)(F)F)cnc(N)c1CN. The van der Waals surface area contributed by atoms with E-state index >= 15 is 0 Å². The van der Waals surface area contributed by atoms with Crippen LogP contribution in [0.5, 0.6) is 5.75 Å². The Bertz CT molecular complexity index is 438. The molecule has 1 heterocycles. The van der Waals surface area contributed by atoms with Crippen molar-refractivity contribution in [2.75, 3.05) is 5.73 Å². The van der Waals surface area contributed by atoms with E-state index in [4.69, 9.17) is 16.7 Å². The number of anilines is 1. The number of hydrogen-bond acceptors (Lipinski definition) is 5. The molecule has 1 aromatic rings. The summed E-state index contributed by atoms with van der Waals surface area (Å²) >= 11 is 0. The number of nitrogens with two attached hydrogens (primary N) is 2. The van der Waals surface area contributed by atoms with Gasteiger partial charge < -0.3 is 16.2 Å². The van der Waals surface area contributed by atoms with E-state index in [1.165, 1.54) is 0 Å². The van der Waals surface area contributed by atoms with E-state index in [-0.39, 0.29) is 23.5 Å². The highest BCUT2D eigenvalue weighted by molar-refractivity contribution is 5.56. The minimum absolute atomic E-state index is 0.0317. The molecular formula is C8H7F3N4O. The van der Waals surface area contributed by atoms with Crippen LogP contribution >= 0.6 is 0 Å². The van der Waals surface area contributed by atoms with Crippen molar-refractivity contribution in [1.82, 2.24) is 4.98 Å². The molecule has 0 aliphatic rings. The topological polar surface area (TPSA) is 97.9 Å². The van der Waals surface area contributed by atoms with Crippen LogP contribution in [0, 0.1) is 11.3 Å². The van der Waals surface area contributed by atoms with Crippen LogP contribution in [0.1, 0.15) is 11.1 Å². The first-order valence-electron chi connectivity index (χ1n) is 4.02. The highest BCUT2D eigenvalue weighted by Gasteiger charge is 2.33. The predicted octanol–water partition coefficient (Wildman–Crippen LogP) is 0.893. The highest BCUT2D eigenvalue weighted by Crippen LogP contribution is 2.29. The molecule has 0 saturated heterocycles. The lowest BCUT2D eigenvalue weighted by Gasteiger charge is -2.12. The summed E-state index contributed by atoms with van der Waals surface area (Å²) in [5.41, 5.74) is 10.3. The summed E-state index contributed by atoms with van der Waals surface area (Å²) in [5, 5.41) is 8.72. The number of halogens is 3. The lowest BCUT2D eigenvalue weighted by molar-refractivity contribution is -0.274. The Morgan fingerprint density at radius 3 is 2.56 bits per heavy atom. The van der Waals surface area contributed by atoms with Gasteiger partial charge in [0, 0.05) is 12.1 Å². The molecule has 4 N–H and O–H groups in total. The maximum absolute atomic E-state index is 12.0. The number of ether oxygens (including phenoxy) is 1. The van der Waals surface area contributed by atoms with Gasteiger partial charge in [-0.05, 0) is 0 Å². The largest absolute Gasteiger partial charge is 0.573 e. The number of pyridine rings is 1. The van der Waals surface area contributed by atoms with Gasteiger partial charge in [0.1, 0.15) is 17.5 Å². The molecule has 0 aliphatic heterocycles. The Kier molecular flexibility index (Phi) is 3.20. The summed E-state index contributed by atoms with van der Waals surface area (Å²) in [6.07, 6.45) is -4.16. The molecule has 8 heteroatoms.